The Kier molecular flexibility index (Phi) is 1.46. The number of likely N-dealkylation sites (N-methyl/N-ethyl adjacent to an activating group) is 1. The first kappa shape index (κ1) is 7.76. The fraction of sp³-hybridized carbons (Fsp3) is 0.889. The van der Waals surface area contributed by atoms with Gasteiger partial charge in [-0.05, 0) is 6.42 Å². The zero-order chi connectivity index (χ0) is 9.00. The van der Waals surface area contributed by atoms with Crippen molar-refractivity contribution in [3.8, 4) is 0 Å². The van der Waals surface area contributed by atoms with Gasteiger partial charge >= 0.3 is 0 Å². The van der Waals surface area contributed by atoms with E-state index in [1.807, 2.05) is 7.05 Å². The van der Waals surface area contributed by atoms with Crippen molar-refractivity contribution in [2.24, 2.45) is 0 Å². The average molecular weight is 182 g/mol. The Morgan fingerprint density at radius 1 is 1.54 bits per heavy atom. The van der Waals surface area contributed by atoms with Crippen molar-refractivity contribution in [2.75, 3.05) is 20.1 Å². The van der Waals surface area contributed by atoms with Gasteiger partial charge in [0.2, 0.25) is 6.41 Å². The Labute approximate surface area is 77.4 Å². The lowest BCUT2D eigenvalue weighted by molar-refractivity contribution is -0.119. The summed E-state index contributed by atoms with van der Waals surface area (Å²) < 4.78 is 5.84. The number of carbonyl (C=O) groups excluding carboxylic acids is 1. The molecule has 4 atom stereocenters. The van der Waals surface area contributed by atoms with Crippen LogP contribution in [0.2, 0.25) is 0 Å². The van der Waals surface area contributed by atoms with Crippen molar-refractivity contribution in [3.63, 3.8) is 0 Å². The fourth-order valence-electron chi connectivity index (χ4n) is 3.13. The van der Waals surface area contributed by atoms with Crippen LogP contribution in [-0.4, -0.2) is 60.6 Å². The number of carbonyl (C=O) groups is 1. The standard InChI is InChI=1S/C9H14N2O2/c1-10(5-12)8-7-4-11-3-2-6(13-7)9(8)11/h5-9H,2-4H2,1H3/t6-,7+,8-,9?/m0/s1. The number of rotatable bonds is 2. The zero-order valence-electron chi connectivity index (χ0n) is 7.72. The molecule has 0 aliphatic carbocycles. The van der Waals surface area contributed by atoms with Crippen molar-refractivity contribution in [2.45, 2.75) is 30.7 Å². The van der Waals surface area contributed by atoms with E-state index < -0.39 is 0 Å². The highest BCUT2D eigenvalue weighted by atomic mass is 16.5. The van der Waals surface area contributed by atoms with Crippen LogP contribution in [-0.2, 0) is 9.53 Å². The highest BCUT2D eigenvalue weighted by molar-refractivity contribution is 5.48. The van der Waals surface area contributed by atoms with E-state index in [0.29, 0.717) is 18.2 Å². The van der Waals surface area contributed by atoms with Gasteiger partial charge in [-0.15, -0.1) is 0 Å². The lowest BCUT2D eigenvalue weighted by Gasteiger charge is -2.24. The van der Waals surface area contributed by atoms with Gasteiger partial charge in [0.25, 0.3) is 0 Å². The third-order valence-corrected chi connectivity index (χ3v) is 3.63. The molecule has 3 heterocycles. The molecule has 0 radical (unpaired) electrons. The van der Waals surface area contributed by atoms with E-state index in [0.717, 1.165) is 25.9 Å². The smallest absolute Gasteiger partial charge is 0.209 e. The summed E-state index contributed by atoms with van der Waals surface area (Å²) in [5.74, 6) is 0. The van der Waals surface area contributed by atoms with E-state index in [1.54, 1.807) is 4.90 Å². The summed E-state index contributed by atoms with van der Waals surface area (Å²) in [4.78, 5) is 14.9. The molecule has 0 saturated carbocycles. The topological polar surface area (TPSA) is 32.8 Å². The molecule has 0 aromatic rings. The van der Waals surface area contributed by atoms with Crippen LogP contribution in [0.4, 0.5) is 0 Å². The van der Waals surface area contributed by atoms with Crippen molar-refractivity contribution < 1.29 is 9.53 Å². The molecule has 2 bridgehead atoms. The maximum atomic E-state index is 10.7. The number of ether oxygens (including phenoxy) is 1. The number of amides is 1. The van der Waals surface area contributed by atoms with Gasteiger partial charge in [0.15, 0.2) is 0 Å². The fourth-order valence-corrected chi connectivity index (χ4v) is 3.13. The molecule has 72 valence electrons. The largest absolute Gasteiger partial charge is 0.370 e. The van der Waals surface area contributed by atoms with Gasteiger partial charge in [-0.2, -0.15) is 0 Å². The predicted molar refractivity (Wildman–Crippen MR) is 46.3 cm³/mol. The molecular weight excluding hydrogens is 168 g/mol. The van der Waals surface area contributed by atoms with E-state index in [-0.39, 0.29) is 6.10 Å². The van der Waals surface area contributed by atoms with E-state index >= 15 is 0 Å². The highest BCUT2D eigenvalue weighted by Crippen LogP contribution is 2.41. The molecule has 0 aromatic heterocycles. The van der Waals surface area contributed by atoms with Crippen LogP contribution in [0, 0.1) is 0 Å². The van der Waals surface area contributed by atoms with Gasteiger partial charge in [0, 0.05) is 20.1 Å². The lowest BCUT2D eigenvalue weighted by atomic mass is 10.1. The molecule has 13 heavy (non-hydrogen) atoms. The predicted octanol–water partition coefficient (Wildman–Crippen LogP) is -0.701. The van der Waals surface area contributed by atoms with Crippen LogP contribution >= 0.6 is 0 Å². The highest BCUT2D eigenvalue weighted by Gasteiger charge is 2.58. The third-order valence-electron chi connectivity index (χ3n) is 3.63. The molecule has 4 nitrogen and oxygen atoms in total. The molecule has 3 fully saturated rings. The Hall–Kier alpha value is -0.610. The van der Waals surface area contributed by atoms with Crippen LogP contribution in [0.3, 0.4) is 0 Å². The monoisotopic (exact) mass is 182 g/mol. The second-order valence-corrected chi connectivity index (χ2v) is 4.25. The molecule has 3 rings (SSSR count). The van der Waals surface area contributed by atoms with Crippen LogP contribution in [0.5, 0.6) is 0 Å². The molecule has 3 saturated heterocycles. The molecule has 0 N–H and O–H groups in total. The van der Waals surface area contributed by atoms with Crippen molar-refractivity contribution >= 4 is 6.41 Å². The van der Waals surface area contributed by atoms with E-state index in [2.05, 4.69) is 4.90 Å². The maximum absolute atomic E-state index is 10.7. The first-order valence-corrected chi connectivity index (χ1v) is 4.88. The minimum atomic E-state index is 0.271. The van der Waals surface area contributed by atoms with Crippen LogP contribution in [0.1, 0.15) is 6.42 Å². The van der Waals surface area contributed by atoms with Gasteiger partial charge < -0.3 is 9.64 Å². The summed E-state index contributed by atoms with van der Waals surface area (Å²) >= 11 is 0. The lowest BCUT2D eigenvalue weighted by Crippen LogP contribution is -2.42. The third kappa shape index (κ3) is 0.849. The Balaban J connectivity index is 1.89. The molecular formula is C9H14N2O2. The summed E-state index contributed by atoms with van der Waals surface area (Å²) in [6, 6.07) is 0.796. The molecule has 0 aromatic carbocycles. The Morgan fingerprint density at radius 3 is 3.08 bits per heavy atom. The molecule has 3 aliphatic heterocycles. The molecule has 1 amide bonds. The second-order valence-electron chi connectivity index (χ2n) is 4.25. The molecule has 0 spiro atoms. The van der Waals surface area contributed by atoms with E-state index in [1.165, 1.54) is 0 Å². The average Bonchev–Trinajstić information content (AvgIpc) is 2.70. The number of hydrogen-bond donors (Lipinski definition) is 0. The van der Waals surface area contributed by atoms with Crippen molar-refractivity contribution in [3.05, 3.63) is 0 Å². The molecule has 3 aliphatic rings. The van der Waals surface area contributed by atoms with Crippen LogP contribution in [0.15, 0.2) is 0 Å². The summed E-state index contributed by atoms with van der Waals surface area (Å²) in [5.41, 5.74) is 0. The van der Waals surface area contributed by atoms with E-state index in [9.17, 15) is 4.79 Å². The summed E-state index contributed by atoms with van der Waals surface area (Å²) in [6.45, 7) is 2.17. The quantitative estimate of drug-likeness (QED) is 0.529. The minimum Gasteiger partial charge on any atom is -0.370 e. The second kappa shape index (κ2) is 2.45. The number of morpholine rings is 1. The number of hydrogen-bond acceptors (Lipinski definition) is 3. The summed E-state index contributed by atoms with van der Waals surface area (Å²) in [5, 5.41) is 0. The normalized spacial score (nSPS) is 47.2. The van der Waals surface area contributed by atoms with Crippen molar-refractivity contribution in [1.29, 1.82) is 0 Å². The van der Waals surface area contributed by atoms with Gasteiger partial charge in [-0.3, -0.25) is 9.69 Å². The van der Waals surface area contributed by atoms with Gasteiger partial charge in [0.05, 0.1) is 24.3 Å². The Bertz CT molecular complexity index is 232. The minimum absolute atomic E-state index is 0.271. The summed E-state index contributed by atoms with van der Waals surface area (Å²) in [7, 11) is 1.86. The van der Waals surface area contributed by atoms with Gasteiger partial charge in [-0.25, -0.2) is 0 Å². The van der Waals surface area contributed by atoms with Crippen molar-refractivity contribution in [1.82, 2.24) is 9.80 Å². The summed E-state index contributed by atoms with van der Waals surface area (Å²) in [6.07, 6.45) is 2.73. The van der Waals surface area contributed by atoms with Crippen LogP contribution < -0.4 is 0 Å². The molecule has 1 unspecified atom stereocenters. The van der Waals surface area contributed by atoms with E-state index in [4.69, 9.17) is 4.74 Å². The first-order valence-electron chi connectivity index (χ1n) is 4.88. The molecule has 4 heteroatoms. The van der Waals surface area contributed by atoms with Gasteiger partial charge in [-0.1, -0.05) is 0 Å². The SMILES string of the molecule is CN(C=O)[C@@H]1C2[C@@H]3CCN2C[C@H]1O3. The number of fused-ring (bicyclic) bond motifs is 1. The zero-order valence-corrected chi connectivity index (χ0v) is 7.72. The van der Waals surface area contributed by atoms with Crippen LogP contribution in [0.25, 0.3) is 0 Å². The first-order chi connectivity index (χ1) is 6.31. The Morgan fingerprint density at radius 2 is 2.38 bits per heavy atom. The maximum Gasteiger partial charge on any atom is 0.209 e. The number of nitrogens with zero attached hydrogens (tertiary/aromatic N) is 2. The van der Waals surface area contributed by atoms with Gasteiger partial charge in [0.1, 0.15) is 0 Å².